The smallest absolute Gasteiger partial charge is 0.224 e. The van der Waals surface area contributed by atoms with E-state index in [1.165, 1.54) is 0 Å². The summed E-state index contributed by atoms with van der Waals surface area (Å²) >= 11 is 0. The highest BCUT2D eigenvalue weighted by molar-refractivity contribution is 5.76. The Balaban J connectivity index is 1.84. The Bertz CT molecular complexity index is 384. The Morgan fingerprint density at radius 3 is 2.74 bits per heavy atom. The fraction of sp³-hybridized carbons (Fsp3) is 0.769. The maximum absolute atomic E-state index is 12.3. The topological polar surface area (TPSA) is 77.0 Å². The van der Waals surface area contributed by atoms with E-state index < -0.39 is 0 Å². The van der Waals surface area contributed by atoms with E-state index in [4.69, 9.17) is 5.73 Å². The van der Waals surface area contributed by atoms with Crippen molar-refractivity contribution in [2.24, 2.45) is 5.73 Å². The molecular formula is C13H23N5O. The largest absolute Gasteiger partial charge is 0.340 e. The Labute approximate surface area is 113 Å². The molecule has 1 saturated carbocycles. The molecule has 0 aromatic carbocycles. The van der Waals surface area contributed by atoms with Gasteiger partial charge in [-0.1, -0.05) is 5.21 Å². The van der Waals surface area contributed by atoms with Gasteiger partial charge in [-0.3, -0.25) is 9.48 Å². The highest BCUT2D eigenvalue weighted by Gasteiger charge is 2.26. The summed E-state index contributed by atoms with van der Waals surface area (Å²) in [5.74, 6) is 0.207. The van der Waals surface area contributed by atoms with Crippen molar-refractivity contribution in [2.45, 2.75) is 57.7 Å². The van der Waals surface area contributed by atoms with E-state index >= 15 is 0 Å². The van der Waals surface area contributed by atoms with E-state index in [9.17, 15) is 4.79 Å². The number of aromatic nitrogens is 3. The number of hydrogen-bond donors (Lipinski definition) is 1. The second-order valence-corrected chi connectivity index (χ2v) is 5.16. The minimum absolute atomic E-state index is 0.207. The summed E-state index contributed by atoms with van der Waals surface area (Å²) in [7, 11) is 0. The first-order valence-electron chi connectivity index (χ1n) is 7.10. The zero-order valence-electron chi connectivity index (χ0n) is 11.5. The zero-order chi connectivity index (χ0) is 13.7. The summed E-state index contributed by atoms with van der Waals surface area (Å²) in [5.41, 5.74) is 5.92. The average Bonchev–Trinajstić information content (AvgIpc) is 2.92. The van der Waals surface area contributed by atoms with Gasteiger partial charge in [-0.15, -0.1) is 5.10 Å². The zero-order valence-corrected chi connectivity index (χ0v) is 11.5. The first kappa shape index (κ1) is 14.0. The standard InChI is InChI=1S/C13H23N5O/c1-2-18(12-5-3-11(14)4-6-12)13(19)7-9-17-10-8-15-16-17/h8,10-12H,2-7,9,14H2,1H3. The van der Waals surface area contributed by atoms with Crippen LogP contribution < -0.4 is 5.73 Å². The van der Waals surface area contributed by atoms with Crippen LogP contribution in [-0.2, 0) is 11.3 Å². The second kappa shape index (κ2) is 6.65. The molecular weight excluding hydrogens is 242 g/mol. The molecule has 0 saturated heterocycles. The van der Waals surface area contributed by atoms with E-state index in [1.807, 2.05) is 11.8 Å². The van der Waals surface area contributed by atoms with Gasteiger partial charge in [-0.25, -0.2) is 0 Å². The number of hydrogen-bond acceptors (Lipinski definition) is 4. The molecule has 1 aliphatic carbocycles. The number of carbonyl (C=O) groups is 1. The number of carbonyl (C=O) groups excluding carboxylic acids is 1. The summed E-state index contributed by atoms with van der Waals surface area (Å²) in [4.78, 5) is 14.3. The molecule has 106 valence electrons. The maximum Gasteiger partial charge on any atom is 0.224 e. The molecule has 6 heteroatoms. The Morgan fingerprint density at radius 1 is 1.42 bits per heavy atom. The minimum Gasteiger partial charge on any atom is -0.340 e. The molecule has 1 heterocycles. The van der Waals surface area contributed by atoms with E-state index in [2.05, 4.69) is 10.3 Å². The van der Waals surface area contributed by atoms with Crippen LogP contribution in [0.2, 0.25) is 0 Å². The Hall–Kier alpha value is -1.43. The van der Waals surface area contributed by atoms with E-state index in [-0.39, 0.29) is 5.91 Å². The molecule has 0 atom stereocenters. The van der Waals surface area contributed by atoms with Crippen LogP contribution in [0.1, 0.15) is 39.0 Å². The average molecular weight is 265 g/mol. The van der Waals surface area contributed by atoms with Crippen LogP contribution in [0.25, 0.3) is 0 Å². The lowest BCUT2D eigenvalue weighted by Gasteiger charge is -2.35. The predicted octanol–water partition coefficient (Wildman–Crippen LogP) is 0.787. The van der Waals surface area contributed by atoms with Crippen molar-refractivity contribution < 1.29 is 4.79 Å². The van der Waals surface area contributed by atoms with Gasteiger partial charge in [0.25, 0.3) is 0 Å². The molecule has 0 spiro atoms. The van der Waals surface area contributed by atoms with Crippen LogP contribution in [0.5, 0.6) is 0 Å². The van der Waals surface area contributed by atoms with Crippen molar-refractivity contribution in [1.29, 1.82) is 0 Å². The van der Waals surface area contributed by atoms with Crippen LogP contribution >= 0.6 is 0 Å². The van der Waals surface area contributed by atoms with Gasteiger partial charge in [-0.05, 0) is 32.6 Å². The third-order valence-corrected chi connectivity index (χ3v) is 3.87. The van der Waals surface area contributed by atoms with E-state index in [0.717, 1.165) is 32.2 Å². The molecule has 1 amide bonds. The van der Waals surface area contributed by atoms with Gasteiger partial charge in [0.05, 0.1) is 12.7 Å². The summed E-state index contributed by atoms with van der Waals surface area (Å²) in [6.45, 7) is 3.42. The van der Waals surface area contributed by atoms with Crippen molar-refractivity contribution in [3.05, 3.63) is 12.4 Å². The van der Waals surface area contributed by atoms with Crippen LogP contribution in [0, 0.1) is 0 Å². The molecule has 6 nitrogen and oxygen atoms in total. The van der Waals surface area contributed by atoms with Gasteiger partial charge >= 0.3 is 0 Å². The SMILES string of the molecule is CCN(C(=O)CCn1ccnn1)C1CCC(N)CC1. The third-order valence-electron chi connectivity index (χ3n) is 3.87. The molecule has 0 unspecified atom stereocenters. The molecule has 0 bridgehead atoms. The molecule has 2 N–H and O–H groups in total. The minimum atomic E-state index is 0.207. The summed E-state index contributed by atoms with van der Waals surface area (Å²) in [6, 6.07) is 0.688. The first-order chi connectivity index (χ1) is 9.20. The van der Waals surface area contributed by atoms with Crippen LogP contribution in [-0.4, -0.2) is 44.4 Å². The molecule has 1 aromatic rings. The normalized spacial score (nSPS) is 23.3. The molecule has 19 heavy (non-hydrogen) atoms. The van der Waals surface area contributed by atoms with E-state index in [1.54, 1.807) is 17.1 Å². The number of amides is 1. The van der Waals surface area contributed by atoms with Crippen LogP contribution in [0.3, 0.4) is 0 Å². The lowest BCUT2D eigenvalue weighted by Crippen LogP contribution is -2.44. The monoisotopic (exact) mass is 265 g/mol. The van der Waals surface area contributed by atoms with Crippen molar-refractivity contribution in [3.8, 4) is 0 Å². The number of nitrogens with zero attached hydrogens (tertiary/aromatic N) is 4. The van der Waals surface area contributed by atoms with Gasteiger partial charge in [-0.2, -0.15) is 0 Å². The second-order valence-electron chi connectivity index (χ2n) is 5.16. The fourth-order valence-corrected chi connectivity index (χ4v) is 2.76. The molecule has 1 aromatic heterocycles. The quantitative estimate of drug-likeness (QED) is 0.853. The first-order valence-corrected chi connectivity index (χ1v) is 7.10. The molecule has 0 radical (unpaired) electrons. The lowest BCUT2D eigenvalue weighted by atomic mass is 9.90. The third kappa shape index (κ3) is 3.76. The number of aryl methyl sites for hydroxylation is 1. The summed E-state index contributed by atoms with van der Waals surface area (Å²) in [6.07, 6.45) is 8.01. The predicted molar refractivity (Wildman–Crippen MR) is 72.3 cm³/mol. The van der Waals surface area contributed by atoms with Gasteiger partial charge in [0.2, 0.25) is 5.91 Å². The van der Waals surface area contributed by atoms with Crippen molar-refractivity contribution in [3.63, 3.8) is 0 Å². The Morgan fingerprint density at radius 2 is 2.16 bits per heavy atom. The lowest BCUT2D eigenvalue weighted by molar-refractivity contribution is -0.134. The van der Waals surface area contributed by atoms with Crippen molar-refractivity contribution in [2.75, 3.05) is 6.54 Å². The summed E-state index contributed by atoms with van der Waals surface area (Å²) in [5, 5.41) is 7.61. The van der Waals surface area contributed by atoms with Crippen molar-refractivity contribution in [1.82, 2.24) is 19.9 Å². The molecule has 2 rings (SSSR count). The van der Waals surface area contributed by atoms with Crippen LogP contribution in [0.15, 0.2) is 12.4 Å². The van der Waals surface area contributed by atoms with Crippen molar-refractivity contribution >= 4 is 5.91 Å². The van der Waals surface area contributed by atoms with Gasteiger partial charge in [0, 0.05) is 31.2 Å². The van der Waals surface area contributed by atoms with Gasteiger partial charge < -0.3 is 10.6 Å². The van der Waals surface area contributed by atoms with Gasteiger partial charge in [0.1, 0.15) is 0 Å². The molecule has 1 aliphatic rings. The summed E-state index contributed by atoms with van der Waals surface area (Å²) < 4.78 is 1.70. The highest BCUT2D eigenvalue weighted by atomic mass is 16.2. The maximum atomic E-state index is 12.3. The highest BCUT2D eigenvalue weighted by Crippen LogP contribution is 2.22. The number of nitrogens with two attached hydrogens (primary N) is 1. The molecule has 0 aliphatic heterocycles. The van der Waals surface area contributed by atoms with E-state index in [0.29, 0.717) is 25.0 Å². The Kier molecular flexibility index (Phi) is 4.90. The van der Waals surface area contributed by atoms with Gasteiger partial charge in [0.15, 0.2) is 0 Å². The number of rotatable bonds is 5. The fourth-order valence-electron chi connectivity index (χ4n) is 2.76. The molecule has 1 fully saturated rings. The van der Waals surface area contributed by atoms with Crippen LogP contribution in [0.4, 0.5) is 0 Å².